The molecule has 2 aromatic rings. The monoisotopic (exact) mass is 631 g/mol. The van der Waals surface area contributed by atoms with Crippen molar-refractivity contribution >= 4 is 40.9 Å². The number of benzene rings is 2. The number of carbonyl (C=O) groups excluding carboxylic acids is 3. The van der Waals surface area contributed by atoms with Gasteiger partial charge in [0, 0.05) is 29.7 Å². The molecule has 0 aromatic heterocycles. The summed E-state index contributed by atoms with van der Waals surface area (Å²) in [5, 5.41) is 10.6. The van der Waals surface area contributed by atoms with Crippen LogP contribution < -0.4 is 14.5 Å². The highest BCUT2D eigenvalue weighted by Crippen LogP contribution is 2.69. The van der Waals surface area contributed by atoms with Gasteiger partial charge in [-0.1, -0.05) is 51.1 Å². The minimum atomic E-state index is -0.861. The summed E-state index contributed by atoms with van der Waals surface area (Å²) >= 11 is 1.64. The number of aliphatic hydroxyl groups is 1. The van der Waals surface area contributed by atoms with E-state index in [0.29, 0.717) is 24.4 Å². The summed E-state index contributed by atoms with van der Waals surface area (Å²) in [6.07, 6.45) is 4.63. The number of fused-ring (bicyclic) bond motifs is 1. The van der Waals surface area contributed by atoms with E-state index in [1.54, 1.807) is 57.9 Å². The van der Waals surface area contributed by atoms with Crippen molar-refractivity contribution in [1.82, 2.24) is 4.90 Å². The van der Waals surface area contributed by atoms with E-state index in [1.807, 2.05) is 56.3 Å². The lowest BCUT2D eigenvalue weighted by molar-refractivity contribution is -0.142. The first-order valence-electron chi connectivity index (χ1n) is 15.8. The summed E-state index contributed by atoms with van der Waals surface area (Å²) in [6.45, 7) is 14.3. The maximum Gasteiger partial charge on any atom is 0.251 e. The number of hydrogen-bond acceptors (Lipinski definition) is 6. The molecular weight excluding hydrogens is 586 g/mol. The van der Waals surface area contributed by atoms with Gasteiger partial charge in [-0.2, -0.15) is 0 Å². The summed E-state index contributed by atoms with van der Waals surface area (Å²) in [4.78, 5) is 49.5. The summed E-state index contributed by atoms with van der Waals surface area (Å²) in [7, 11) is 1.59. The number of rotatable bonds is 13. The fraction of sp³-hybridized carbons (Fsp3) is 0.472. The molecule has 0 radical (unpaired) electrons. The fourth-order valence-electron chi connectivity index (χ4n) is 7.84. The van der Waals surface area contributed by atoms with E-state index in [9.17, 15) is 14.7 Å². The van der Waals surface area contributed by atoms with Crippen LogP contribution in [-0.2, 0) is 14.4 Å². The first-order valence-corrected chi connectivity index (χ1v) is 16.7. The minimum absolute atomic E-state index is 0.00568. The lowest BCUT2D eigenvalue weighted by Crippen LogP contribution is -2.59. The Morgan fingerprint density at radius 3 is 2.20 bits per heavy atom. The largest absolute Gasteiger partial charge is 0.497 e. The Labute approximate surface area is 271 Å². The van der Waals surface area contributed by atoms with Crippen molar-refractivity contribution in [3.63, 3.8) is 0 Å². The van der Waals surface area contributed by atoms with Crippen molar-refractivity contribution in [3.05, 3.63) is 79.9 Å². The number of anilines is 2. The highest BCUT2D eigenvalue weighted by Gasteiger charge is 2.77. The third-order valence-electron chi connectivity index (χ3n) is 9.66. The quantitative estimate of drug-likeness (QED) is 0.307. The number of para-hydroxylation sites is 1. The Kier molecular flexibility index (Phi) is 9.80. The third kappa shape index (κ3) is 5.58. The molecule has 3 saturated heterocycles. The SMILES string of the molecule is C=CCN(C(=O)C1N([C@@H](CO)CC(C)C)C(=O)[C@@H]2[C@H](C(=O)N(CC=C)c3ccccc3)[C@@H]3CC(C)C12S3)c1ccc(OC)cc1. The van der Waals surface area contributed by atoms with Gasteiger partial charge in [0.25, 0.3) is 5.91 Å². The molecule has 5 rings (SSSR count). The van der Waals surface area contributed by atoms with Crippen LogP contribution in [0.5, 0.6) is 5.75 Å². The second kappa shape index (κ2) is 13.4. The molecule has 3 aliphatic rings. The maximum absolute atomic E-state index is 15.0. The molecule has 3 unspecified atom stereocenters. The van der Waals surface area contributed by atoms with Crippen LogP contribution in [0.15, 0.2) is 79.9 Å². The summed E-state index contributed by atoms with van der Waals surface area (Å²) < 4.78 is 4.52. The van der Waals surface area contributed by atoms with E-state index in [4.69, 9.17) is 4.74 Å². The topological polar surface area (TPSA) is 90.4 Å². The first kappa shape index (κ1) is 32.8. The second-order valence-electron chi connectivity index (χ2n) is 12.8. The van der Waals surface area contributed by atoms with Gasteiger partial charge < -0.3 is 24.5 Å². The fourth-order valence-corrected chi connectivity index (χ4v) is 10.2. The van der Waals surface area contributed by atoms with Crippen LogP contribution in [0, 0.1) is 23.7 Å². The molecule has 7 atom stereocenters. The zero-order valence-corrected chi connectivity index (χ0v) is 27.5. The van der Waals surface area contributed by atoms with Crippen molar-refractivity contribution in [2.24, 2.45) is 23.7 Å². The van der Waals surface area contributed by atoms with Crippen LogP contribution in [0.3, 0.4) is 0 Å². The van der Waals surface area contributed by atoms with Gasteiger partial charge in [-0.05, 0) is 61.1 Å². The molecule has 1 N–H and O–H groups in total. The molecule has 0 saturated carbocycles. The van der Waals surface area contributed by atoms with Gasteiger partial charge in [0.2, 0.25) is 11.8 Å². The van der Waals surface area contributed by atoms with Crippen LogP contribution in [0.1, 0.15) is 33.6 Å². The average Bonchev–Trinajstić information content (AvgIpc) is 3.64. The molecule has 2 bridgehead atoms. The van der Waals surface area contributed by atoms with Crippen LogP contribution >= 0.6 is 11.8 Å². The molecule has 3 amide bonds. The molecule has 240 valence electrons. The van der Waals surface area contributed by atoms with Gasteiger partial charge >= 0.3 is 0 Å². The van der Waals surface area contributed by atoms with E-state index in [0.717, 1.165) is 12.1 Å². The number of methoxy groups -OCH3 is 1. The summed E-state index contributed by atoms with van der Waals surface area (Å²) in [6, 6.07) is 15.3. The molecule has 45 heavy (non-hydrogen) atoms. The molecule has 1 spiro atoms. The predicted molar refractivity (Wildman–Crippen MR) is 180 cm³/mol. The highest BCUT2D eigenvalue weighted by atomic mass is 32.2. The second-order valence-corrected chi connectivity index (χ2v) is 14.3. The van der Waals surface area contributed by atoms with Crippen molar-refractivity contribution in [3.8, 4) is 5.75 Å². The van der Waals surface area contributed by atoms with E-state index in [-0.39, 0.29) is 48.0 Å². The van der Waals surface area contributed by atoms with Crippen molar-refractivity contribution in [2.75, 3.05) is 36.6 Å². The van der Waals surface area contributed by atoms with Crippen molar-refractivity contribution < 1.29 is 24.2 Å². The molecule has 2 aromatic carbocycles. The van der Waals surface area contributed by atoms with Gasteiger partial charge in [0.05, 0.1) is 36.3 Å². The van der Waals surface area contributed by atoms with E-state index in [2.05, 4.69) is 20.1 Å². The van der Waals surface area contributed by atoms with Gasteiger partial charge in [-0.3, -0.25) is 14.4 Å². The van der Waals surface area contributed by atoms with Crippen LogP contribution in [0.4, 0.5) is 11.4 Å². The predicted octanol–water partition coefficient (Wildman–Crippen LogP) is 5.18. The average molecular weight is 632 g/mol. The highest BCUT2D eigenvalue weighted by molar-refractivity contribution is 8.02. The van der Waals surface area contributed by atoms with E-state index < -0.39 is 28.7 Å². The van der Waals surface area contributed by atoms with Crippen LogP contribution in [-0.4, -0.2) is 76.6 Å². The zero-order chi connectivity index (χ0) is 32.5. The number of likely N-dealkylation sites (tertiary alicyclic amines) is 1. The Bertz CT molecular complexity index is 1420. The smallest absolute Gasteiger partial charge is 0.251 e. The molecule has 3 aliphatic heterocycles. The lowest BCUT2D eigenvalue weighted by Gasteiger charge is -2.42. The molecule has 0 aliphatic carbocycles. The maximum atomic E-state index is 15.0. The lowest BCUT2D eigenvalue weighted by atomic mass is 9.65. The molecule has 8 nitrogen and oxygen atoms in total. The number of hydrogen-bond donors (Lipinski definition) is 1. The molecular formula is C36H45N3O5S. The Morgan fingerprint density at radius 2 is 1.64 bits per heavy atom. The molecule has 3 fully saturated rings. The standard InChI is InChI=1S/C36H45N3O5S/c1-7-18-37(25-12-10-9-11-13-25)33(41)30-29-21-24(5)36(45-29)31(30)34(42)39(27(22-40)20-23(3)4)32(36)35(43)38(19-8-2)26-14-16-28(44-6)17-15-26/h7-17,23-24,27,29-32,40H,1-2,18-22H2,3-6H3/t24?,27-,29+,30-,31+,32?,36?/m1/s1. The zero-order valence-electron chi connectivity index (χ0n) is 26.7. The number of thioether (sulfide) groups is 1. The Morgan fingerprint density at radius 1 is 1.04 bits per heavy atom. The van der Waals surface area contributed by atoms with Crippen molar-refractivity contribution in [2.45, 2.75) is 55.7 Å². The number of aliphatic hydroxyl groups excluding tert-OH is 1. The number of nitrogens with zero attached hydrogens (tertiary/aromatic N) is 3. The summed E-state index contributed by atoms with van der Waals surface area (Å²) in [5.41, 5.74) is 1.41. The van der Waals surface area contributed by atoms with Gasteiger partial charge in [0.1, 0.15) is 11.8 Å². The number of amides is 3. The van der Waals surface area contributed by atoms with E-state index in [1.165, 1.54) is 0 Å². The van der Waals surface area contributed by atoms with Crippen LogP contribution in [0.25, 0.3) is 0 Å². The van der Waals surface area contributed by atoms with Gasteiger partial charge in [0.15, 0.2) is 0 Å². The minimum Gasteiger partial charge on any atom is -0.497 e. The number of ether oxygens (including phenoxy) is 1. The molecule has 3 heterocycles. The van der Waals surface area contributed by atoms with Crippen molar-refractivity contribution in [1.29, 1.82) is 0 Å². The van der Waals surface area contributed by atoms with Gasteiger partial charge in [-0.25, -0.2) is 0 Å². The van der Waals surface area contributed by atoms with E-state index >= 15 is 4.79 Å². The van der Waals surface area contributed by atoms with Crippen LogP contribution in [0.2, 0.25) is 0 Å². The molecule has 9 heteroatoms. The number of carbonyl (C=O) groups is 3. The summed E-state index contributed by atoms with van der Waals surface area (Å²) in [5.74, 6) is -1.03. The van der Waals surface area contributed by atoms with Gasteiger partial charge in [-0.15, -0.1) is 24.9 Å². The first-order chi connectivity index (χ1) is 21.6. The normalized spacial score (nSPS) is 27.3. The Balaban J connectivity index is 1.63. The Hall–Kier alpha value is -3.56. The third-order valence-corrected chi connectivity index (χ3v) is 11.7.